The van der Waals surface area contributed by atoms with Crippen molar-refractivity contribution >= 4 is 41.3 Å². The van der Waals surface area contributed by atoms with Gasteiger partial charge in [0, 0.05) is 39.3 Å². The molecular weight excluding hydrogens is 393 g/mol. The molecule has 0 radical (unpaired) electrons. The van der Waals surface area contributed by atoms with Crippen molar-refractivity contribution in [2.45, 2.75) is 24.9 Å². The van der Waals surface area contributed by atoms with E-state index in [1.165, 1.54) is 17.0 Å². The summed E-state index contributed by atoms with van der Waals surface area (Å²) in [4.78, 5) is 26.9. The van der Waals surface area contributed by atoms with Crippen molar-refractivity contribution in [2.24, 2.45) is 0 Å². The van der Waals surface area contributed by atoms with E-state index in [1.807, 2.05) is 0 Å². The number of carbonyl (C=O) groups excluding carboxylic acids is 1. The van der Waals surface area contributed by atoms with E-state index in [-0.39, 0.29) is 40.6 Å². The van der Waals surface area contributed by atoms with Gasteiger partial charge in [0.15, 0.2) is 0 Å². The van der Waals surface area contributed by atoms with Gasteiger partial charge in [0.05, 0.1) is 21.6 Å². The Labute approximate surface area is 169 Å². The molecule has 150 valence electrons. The Kier molecular flexibility index (Phi) is 7.27. The standard InChI is InChI=1S/C17H24ClN5O3.ClH/c1-21(2)17(24)13-7-16(23(25)26)15(8-14(13)18)20-11-9-22(10-11)12-3-5-19-6-4-12;/h7-8,11-12,19-20H,3-6,9-10H2,1-2H3;1H. The van der Waals surface area contributed by atoms with Crippen LogP contribution in [0.2, 0.25) is 5.02 Å². The van der Waals surface area contributed by atoms with Crippen LogP contribution < -0.4 is 10.6 Å². The molecule has 0 atom stereocenters. The number of hydrogen-bond donors (Lipinski definition) is 2. The van der Waals surface area contributed by atoms with E-state index >= 15 is 0 Å². The van der Waals surface area contributed by atoms with Gasteiger partial charge in [0.25, 0.3) is 11.6 Å². The first-order valence-electron chi connectivity index (χ1n) is 8.77. The van der Waals surface area contributed by atoms with Gasteiger partial charge in [-0.05, 0) is 32.0 Å². The molecule has 0 unspecified atom stereocenters. The van der Waals surface area contributed by atoms with E-state index in [1.54, 1.807) is 14.1 Å². The van der Waals surface area contributed by atoms with Crippen LogP contribution in [0.1, 0.15) is 23.2 Å². The highest BCUT2D eigenvalue weighted by atomic mass is 35.5. The van der Waals surface area contributed by atoms with Crippen LogP contribution in [0.5, 0.6) is 0 Å². The van der Waals surface area contributed by atoms with Crippen LogP contribution in [0.25, 0.3) is 0 Å². The highest BCUT2D eigenvalue weighted by molar-refractivity contribution is 6.34. The lowest BCUT2D eigenvalue weighted by atomic mass is 9.98. The second kappa shape index (κ2) is 9.05. The maximum absolute atomic E-state index is 12.1. The first-order chi connectivity index (χ1) is 12.4. The Hall–Kier alpha value is -1.61. The van der Waals surface area contributed by atoms with E-state index < -0.39 is 4.92 Å². The van der Waals surface area contributed by atoms with Gasteiger partial charge < -0.3 is 15.5 Å². The topological polar surface area (TPSA) is 90.8 Å². The quantitative estimate of drug-likeness (QED) is 0.563. The van der Waals surface area contributed by atoms with Gasteiger partial charge in [-0.15, -0.1) is 12.4 Å². The number of benzene rings is 1. The molecule has 0 aromatic heterocycles. The number of nitrogens with zero attached hydrogens (tertiary/aromatic N) is 3. The number of nitro groups is 1. The molecule has 1 aromatic carbocycles. The van der Waals surface area contributed by atoms with E-state index in [2.05, 4.69) is 15.5 Å². The number of hydrogen-bond acceptors (Lipinski definition) is 6. The Morgan fingerprint density at radius 2 is 1.96 bits per heavy atom. The van der Waals surface area contributed by atoms with Crippen molar-refractivity contribution in [1.29, 1.82) is 0 Å². The fraction of sp³-hybridized carbons (Fsp3) is 0.588. The van der Waals surface area contributed by atoms with E-state index in [9.17, 15) is 14.9 Å². The first-order valence-corrected chi connectivity index (χ1v) is 9.15. The predicted octanol–water partition coefficient (Wildman–Crippen LogP) is 2.22. The Balaban J connectivity index is 0.00000261. The van der Waals surface area contributed by atoms with E-state index in [4.69, 9.17) is 11.6 Å². The molecule has 3 rings (SSSR count). The fourth-order valence-corrected chi connectivity index (χ4v) is 3.77. The molecule has 1 amide bonds. The first kappa shape index (κ1) is 21.7. The van der Waals surface area contributed by atoms with E-state index in [0.29, 0.717) is 11.7 Å². The van der Waals surface area contributed by atoms with Crippen LogP contribution in [0, 0.1) is 10.1 Å². The summed E-state index contributed by atoms with van der Waals surface area (Å²) >= 11 is 6.21. The monoisotopic (exact) mass is 417 g/mol. The van der Waals surface area contributed by atoms with Gasteiger partial charge in [-0.2, -0.15) is 0 Å². The van der Waals surface area contributed by atoms with Crippen LogP contribution in [0.3, 0.4) is 0 Å². The molecule has 2 saturated heterocycles. The second-order valence-electron chi connectivity index (χ2n) is 7.08. The smallest absolute Gasteiger partial charge is 0.293 e. The number of halogens is 2. The molecule has 2 aliphatic rings. The normalized spacial score (nSPS) is 18.3. The number of anilines is 1. The average molecular weight is 418 g/mol. The van der Waals surface area contributed by atoms with Gasteiger partial charge in [-0.1, -0.05) is 11.6 Å². The van der Waals surface area contributed by atoms with Crippen LogP contribution in [-0.2, 0) is 0 Å². The Morgan fingerprint density at radius 1 is 1.33 bits per heavy atom. The van der Waals surface area contributed by atoms with Crippen molar-refractivity contribution in [3.05, 3.63) is 32.8 Å². The maximum atomic E-state index is 12.1. The van der Waals surface area contributed by atoms with Crippen molar-refractivity contribution in [3.8, 4) is 0 Å². The van der Waals surface area contributed by atoms with E-state index in [0.717, 1.165) is 39.0 Å². The molecule has 0 saturated carbocycles. The number of likely N-dealkylation sites (tertiary alicyclic amines) is 1. The molecule has 2 N–H and O–H groups in total. The highest BCUT2D eigenvalue weighted by Gasteiger charge is 2.34. The van der Waals surface area contributed by atoms with Crippen LogP contribution in [0.15, 0.2) is 12.1 Å². The van der Waals surface area contributed by atoms with Crippen LogP contribution >= 0.6 is 24.0 Å². The minimum Gasteiger partial charge on any atom is -0.374 e. The zero-order valence-electron chi connectivity index (χ0n) is 15.4. The van der Waals surface area contributed by atoms with Gasteiger partial charge in [-0.25, -0.2) is 0 Å². The molecule has 2 aliphatic heterocycles. The third kappa shape index (κ3) is 4.82. The minimum atomic E-state index is -0.478. The number of carbonyl (C=O) groups is 1. The molecular formula is C17H25Cl2N5O3. The fourth-order valence-electron chi connectivity index (χ4n) is 3.53. The number of rotatable bonds is 5. The largest absolute Gasteiger partial charge is 0.374 e. The molecule has 2 fully saturated rings. The zero-order valence-corrected chi connectivity index (χ0v) is 17.0. The van der Waals surface area contributed by atoms with Gasteiger partial charge in [0.1, 0.15) is 5.69 Å². The number of amides is 1. The summed E-state index contributed by atoms with van der Waals surface area (Å²) < 4.78 is 0. The molecule has 0 bridgehead atoms. The maximum Gasteiger partial charge on any atom is 0.293 e. The van der Waals surface area contributed by atoms with Gasteiger partial charge in [0.2, 0.25) is 0 Å². The third-order valence-corrected chi connectivity index (χ3v) is 5.33. The lowest BCUT2D eigenvalue weighted by Gasteiger charge is -2.46. The molecule has 8 nitrogen and oxygen atoms in total. The Morgan fingerprint density at radius 3 is 2.52 bits per heavy atom. The molecule has 0 spiro atoms. The Bertz CT molecular complexity index is 704. The van der Waals surface area contributed by atoms with Crippen molar-refractivity contribution in [1.82, 2.24) is 15.1 Å². The van der Waals surface area contributed by atoms with Crippen molar-refractivity contribution < 1.29 is 9.72 Å². The van der Waals surface area contributed by atoms with Crippen molar-refractivity contribution in [3.63, 3.8) is 0 Å². The summed E-state index contributed by atoms with van der Waals surface area (Å²) in [6.45, 7) is 3.80. The van der Waals surface area contributed by atoms with Gasteiger partial charge >= 0.3 is 0 Å². The lowest BCUT2D eigenvalue weighted by molar-refractivity contribution is -0.384. The summed E-state index contributed by atoms with van der Waals surface area (Å²) in [7, 11) is 3.17. The molecule has 1 aromatic rings. The number of nitrogens with one attached hydrogen (secondary N) is 2. The summed E-state index contributed by atoms with van der Waals surface area (Å²) in [5.41, 5.74) is 0.379. The molecule has 27 heavy (non-hydrogen) atoms. The number of piperidine rings is 1. The molecule has 0 aliphatic carbocycles. The second-order valence-corrected chi connectivity index (χ2v) is 7.49. The third-order valence-electron chi connectivity index (χ3n) is 5.01. The minimum absolute atomic E-state index is 0. The molecule has 10 heteroatoms. The molecule has 2 heterocycles. The zero-order chi connectivity index (χ0) is 18.8. The highest BCUT2D eigenvalue weighted by Crippen LogP contribution is 2.33. The summed E-state index contributed by atoms with van der Waals surface area (Å²) in [6, 6.07) is 3.49. The summed E-state index contributed by atoms with van der Waals surface area (Å²) in [5.74, 6) is -0.356. The van der Waals surface area contributed by atoms with Gasteiger partial charge in [-0.3, -0.25) is 19.8 Å². The number of nitro benzene ring substituents is 1. The summed E-state index contributed by atoms with van der Waals surface area (Å²) in [5, 5.41) is 18.3. The SMILES string of the molecule is CN(C)C(=O)c1cc([N+](=O)[O-])c(NC2CN(C3CCNCC3)C2)cc1Cl.Cl. The lowest BCUT2D eigenvalue weighted by Crippen LogP contribution is -2.60. The van der Waals surface area contributed by atoms with Crippen LogP contribution in [-0.4, -0.2) is 73.0 Å². The average Bonchev–Trinajstić information content (AvgIpc) is 2.57. The summed E-state index contributed by atoms with van der Waals surface area (Å²) in [6.07, 6.45) is 2.28. The van der Waals surface area contributed by atoms with Crippen molar-refractivity contribution in [2.75, 3.05) is 45.6 Å². The van der Waals surface area contributed by atoms with Crippen LogP contribution in [0.4, 0.5) is 11.4 Å². The predicted molar refractivity (Wildman–Crippen MR) is 108 cm³/mol.